The van der Waals surface area contributed by atoms with E-state index < -0.39 is 21.6 Å². The molecule has 0 aliphatic carbocycles. The highest BCUT2D eigenvalue weighted by Crippen LogP contribution is 2.34. The van der Waals surface area contributed by atoms with Crippen molar-refractivity contribution in [2.45, 2.75) is 64.4 Å². The summed E-state index contributed by atoms with van der Waals surface area (Å²) in [7, 11) is 1.19. The molecule has 1 aromatic heterocycles. The smallest absolute Gasteiger partial charge is 0.239 e. The van der Waals surface area contributed by atoms with Gasteiger partial charge in [0.1, 0.15) is 5.82 Å². The van der Waals surface area contributed by atoms with Crippen LogP contribution in [0.25, 0.3) is 17.3 Å². The number of carbonyl (C=O) groups excluding carboxylic acids is 1. The third-order valence-corrected chi connectivity index (χ3v) is 7.32. The molecule has 2 heterocycles. The van der Waals surface area contributed by atoms with Crippen LogP contribution in [0, 0.1) is 5.82 Å². The molecule has 0 spiro atoms. The van der Waals surface area contributed by atoms with Gasteiger partial charge in [0, 0.05) is 38.7 Å². The van der Waals surface area contributed by atoms with Crippen LogP contribution in [0.15, 0.2) is 30.3 Å². The molecule has 1 amide bonds. The first-order valence-corrected chi connectivity index (χ1v) is 14.3. The van der Waals surface area contributed by atoms with E-state index in [0.717, 1.165) is 10.6 Å². The zero-order valence-corrected chi connectivity index (χ0v) is 24.0. The molecule has 2 atom stereocenters. The number of aromatic nitrogens is 2. The Morgan fingerprint density at radius 2 is 1.79 bits per heavy atom. The van der Waals surface area contributed by atoms with Gasteiger partial charge in [-0.2, -0.15) is 0 Å². The minimum atomic E-state index is -3.62. The number of amides is 1. The van der Waals surface area contributed by atoms with Crippen molar-refractivity contribution >= 4 is 28.0 Å². The Balaban J connectivity index is 2.09. The summed E-state index contributed by atoms with van der Waals surface area (Å²) in [6.07, 6.45) is 4.84. The van der Waals surface area contributed by atoms with Crippen LogP contribution in [0.3, 0.4) is 0 Å². The number of carbonyl (C=O) groups is 1. The van der Waals surface area contributed by atoms with Crippen molar-refractivity contribution in [3.63, 3.8) is 0 Å². The van der Waals surface area contributed by atoms with Gasteiger partial charge in [-0.25, -0.2) is 27.1 Å². The molecule has 0 saturated carbocycles. The summed E-state index contributed by atoms with van der Waals surface area (Å²) in [5, 5.41) is 0. The summed E-state index contributed by atoms with van der Waals surface area (Å²) in [4.78, 5) is 23.0. The fourth-order valence-corrected chi connectivity index (χ4v) is 4.55. The summed E-state index contributed by atoms with van der Waals surface area (Å²) in [5.74, 6) is -1.38. The molecule has 2 aromatic rings. The topological polar surface area (TPSA) is 102 Å². The van der Waals surface area contributed by atoms with Crippen LogP contribution in [-0.2, 0) is 24.3 Å². The first-order valence-electron chi connectivity index (χ1n) is 12.4. The Bertz CT molecular complexity index is 1290. The number of hydrogen-bond acceptors (Lipinski definition) is 7. The Kier molecular flexibility index (Phi) is 8.95. The fourth-order valence-electron chi connectivity index (χ4n) is 4.17. The van der Waals surface area contributed by atoms with Crippen molar-refractivity contribution < 1.29 is 27.1 Å². The SMILES string of the molecule is CC(C)c1nc(N(C)S(C)(=O)=O)nc(-c2ccc(F)cc2)c1/C=C/[C@@H]1C[C@H](CC(=O)N(C)C)OC(C)(C)O1. The van der Waals surface area contributed by atoms with E-state index in [9.17, 15) is 17.6 Å². The normalized spacial score (nSPS) is 19.6. The van der Waals surface area contributed by atoms with E-state index in [0.29, 0.717) is 28.9 Å². The van der Waals surface area contributed by atoms with E-state index in [1.807, 2.05) is 39.8 Å². The second-order valence-electron chi connectivity index (χ2n) is 10.4. The lowest BCUT2D eigenvalue weighted by atomic mass is 9.97. The third kappa shape index (κ3) is 7.36. The van der Waals surface area contributed by atoms with E-state index in [4.69, 9.17) is 9.47 Å². The largest absolute Gasteiger partial charge is 0.349 e. The van der Waals surface area contributed by atoms with E-state index in [1.165, 1.54) is 24.1 Å². The maximum Gasteiger partial charge on any atom is 0.239 e. The second kappa shape index (κ2) is 11.5. The number of hydrogen-bond donors (Lipinski definition) is 0. The van der Waals surface area contributed by atoms with Crippen molar-refractivity contribution in [2.75, 3.05) is 31.7 Å². The third-order valence-electron chi connectivity index (χ3n) is 6.17. The van der Waals surface area contributed by atoms with E-state index in [2.05, 4.69) is 9.97 Å². The molecular weight excluding hydrogens is 511 g/mol. The first kappa shape index (κ1) is 29.7. The van der Waals surface area contributed by atoms with Crippen molar-refractivity contribution in [1.29, 1.82) is 0 Å². The summed E-state index contributed by atoms with van der Waals surface area (Å²) >= 11 is 0. The van der Waals surface area contributed by atoms with Gasteiger partial charge in [-0.05, 0) is 44.0 Å². The molecule has 11 heteroatoms. The summed E-state index contributed by atoms with van der Waals surface area (Å²) < 4.78 is 51.4. The van der Waals surface area contributed by atoms with Crippen LogP contribution in [0.1, 0.15) is 57.7 Å². The van der Waals surface area contributed by atoms with E-state index in [1.54, 1.807) is 26.2 Å². The second-order valence-corrected chi connectivity index (χ2v) is 12.5. The maximum absolute atomic E-state index is 13.7. The minimum Gasteiger partial charge on any atom is -0.349 e. The highest BCUT2D eigenvalue weighted by atomic mass is 32.2. The first-order chi connectivity index (χ1) is 17.6. The lowest BCUT2D eigenvalue weighted by Crippen LogP contribution is -2.45. The van der Waals surface area contributed by atoms with Gasteiger partial charge in [0.25, 0.3) is 0 Å². The molecule has 1 aliphatic heterocycles. The predicted octanol–water partition coefficient (Wildman–Crippen LogP) is 4.20. The number of benzene rings is 1. The summed E-state index contributed by atoms with van der Waals surface area (Å²) in [6.45, 7) is 7.52. The standard InChI is InChI=1S/C27H37FN4O5S/c1-17(2)24-22(14-13-20-15-21(16-23(33)31(5)6)37-27(3,4)36-20)25(18-9-11-19(28)12-10-18)30-26(29-24)32(7)38(8,34)35/h9-14,17,20-21H,15-16H2,1-8H3/b14-13+/t20-,21-/m1/s1. The molecule has 0 radical (unpaired) electrons. The van der Waals surface area contributed by atoms with Crippen LogP contribution in [0.5, 0.6) is 0 Å². The summed E-state index contributed by atoms with van der Waals surface area (Å²) in [5.41, 5.74) is 2.38. The van der Waals surface area contributed by atoms with Crippen molar-refractivity contribution in [2.24, 2.45) is 0 Å². The van der Waals surface area contributed by atoms with Crippen LogP contribution in [-0.4, -0.2) is 74.6 Å². The Morgan fingerprint density at radius 1 is 1.16 bits per heavy atom. The zero-order valence-electron chi connectivity index (χ0n) is 23.2. The molecule has 0 N–H and O–H groups in total. The number of sulfonamides is 1. The number of nitrogens with zero attached hydrogens (tertiary/aromatic N) is 4. The minimum absolute atomic E-state index is 0.0263. The number of halogens is 1. The molecule has 0 unspecified atom stereocenters. The number of anilines is 1. The fraction of sp³-hybridized carbons (Fsp3) is 0.519. The van der Waals surface area contributed by atoms with Crippen LogP contribution in [0.4, 0.5) is 10.3 Å². The van der Waals surface area contributed by atoms with Gasteiger partial charge in [0.2, 0.25) is 21.9 Å². The highest BCUT2D eigenvalue weighted by molar-refractivity contribution is 7.92. The monoisotopic (exact) mass is 548 g/mol. The van der Waals surface area contributed by atoms with Crippen molar-refractivity contribution in [3.05, 3.63) is 47.4 Å². The number of rotatable bonds is 8. The molecule has 0 bridgehead atoms. The summed E-state index contributed by atoms with van der Waals surface area (Å²) in [6, 6.07) is 5.85. The molecule has 208 valence electrons. The quantitative estimate of drug-likeness (QED) is 0.487. The van der Waals surface area contributed by atoms with Gasteiger partial charge in [-0.1, -0.05) is 26.0 Å². The molecule has 9 nitrogen and oxygen atoms in total. The van der Waals surface area contributed by atoms with Crippen molar-refractivity contribution in [1.82, 2.24) is 14.9 Å². The molecule has 3 rings (SSSR count). The zero-order chi connectivity index (χ0) is 28.4. The molecule has 38 heavy (non-hydrogen) atoms. The van der Waals surface area contributed by atoms with Gasteiger partial charge >= 0.3 is 0 Å². The van der Waals surface area contributed by atoms with Gasteiger partial charge in [0.15, 0.2) is 5.79 Å². The van der Waals surface area contributed by atoms with Crippen LogP contribution in [0.2, 0.25) is 0 Å². The molecule has 1 aromatic carbocycles. The maximum atomic E-state index is 13.7. The average molecular weight is 549 g/mol. The Labute approximate surface area is 224 Å². The Hall–Kier alpha value is -2.89. The lowest BCUT2D eigenvalue weighted by molar-refractivity contribution is -0.289. The van der Waals surface area contributed by atoms with Gasteiger partial charge in [-0.3, -0.25) is 4.79 Å². The van der Waals surface area contributed by atoms with Crippen LogP contribution >= 0.6 is 0 Å². The van der Waals surface area contributed by atoms with Crippen molar-refractivity contribution in [3.8, 4) is 11.3 Å². The average Bonchev–Trinajstić information content (AvgIpc) is 2.80. The van der Waals surface area contributed by atoms with Gasteiger partial charge < -0.3 is 14.4 Å². The molecule has 1 saturated heterocycles. The Morgan fingerprint density at radius 3 is 2.34 bits per heavy atom. The van der Waals surface area contributed by atoms with E-state index >= 15 is 0 Å². The molecular formula is C27H37FN4O5S. The van der Waals surface area contributed by atoms with Gasteiger partial charge in [0.05, 0.1) is 36.3 Å². The van der Waals surface area contributed by atoms with Crippen LogP contribution < -0.4 is 4.31 Å². The van der Waals surface area contributed by atoms with E-state index in [-0.39, 0.29) is 36.4 Å². The number of ether oxygens (including phenoxy) is 2. The molecule has 1 aliphatic rings. The predicted molar refractivity (Wildman–Crippen MR) is 146 cm³/mol. The molecule has 1 fully saturated rings. The van der Waals surface area contributed by atoms with Gasteiger partial charge in [-0.15, -0.1) is 0 Å². The lowest BCUT2D eigenvalue weighted by Gasteiger charge is -2.40. The highest BCUT2D eigenvalue weighted by Gasteiger charge is 2.35.